The van der Waals surface area contributed by atoms with Gasteiger partial charge in [0.1, 0.15) is 16.5 Å². The third kappa shape index (κ3) is 4.79. The van der Waals surface area contributed by atoms with Gasteiger partial charge in [0.05, 0.1) is 0 Å². The molecule has 3 heterocycles. The minimum atomic E-state index is -3.68. The van der Waals surface area contributed by atoms with Crippen LogP contribution < -0.4 is 16.0 Å². The maximum atomic E-state index is 13.2. The zero-order valence-corrected chi connectivity index (χ0v) is 19.2. The maximum absolute atomic E-state index is 13.2. The van der Waals surface area contributed by atoms with Crippen molar-refractivity contribution in [2.24, 2.45) is 5.73 Å². The number of pyridine rings is 1. The number of carbonyl (C=O) groups is 1. The summed E-state index contributed by atoms with van der Waals surface area (Å²) in [6.45, 7) is 3.29. The summed E-state index contributed by atoms with van der Waals surface area (Å²) in [5, 5.41) is 6.85. The SMILES string of the molecule is C[C@@H]1C[C@H](NC(=O)c2cc(C3CC3)on2)CCN1S(=O)(=O)c1ccc(N(C)CCN)nc1. The Morgan fingerprint density at radius 2 is 2.12 bits per heavy atom. The Morgan fingerprint density at radius 3 is 2.75 bits per heavy atom. The number of nitrogens with one attached hydrogen (secondary N) is 1. The van der Waals surface area contributed by atoms with Crippen LogP contribution >= 0.6 is 0 Å². The van der Waals surface area contributed by atoms with Crippen LogP contribution in [-0.4, -0.2) is 67.5 Å². The zero-order chi connectivity index (χ0) is 22.9. The summed E-state index contributed by atoms with van der Waals surface area (Å²) in [6.07, 6.45) is 4.57. The fourth-order valence-corrected chi connectivity index (χ4v) is 5.65. The molecule has 1 amide bonds. The molecule has 0 aromatic carbocycles. The summed E-state index contributed by atoms with van der Waals surface area (Å²) < 4.78 is 33.1. The van der Waals surface area contributed by atoms with Gasteiger partial charge in [-0.2, -0.15) is 4.31 Å². The molecule has 2 aliphatic rings. The molecule has 11 heteroatoms. The van der Waals surface area contributed by atoms with Crippen LogP contribution in [0.4, 0.5) is 5.82 Å². The third-order valence-electron chi connectivity index (χ3n) is 6.07. The van der Waals surface area contributed by atoms with Gasteiger partial charge in [0.25, 0.3) is 5.91 Å². The first kappa shape index (κ1) is 22.7. The number of rotatable bonds is 8. The number of hydrogen-bond acceptors (Lipinski definition) is 8. The van der Waals surface area contributed by atoms with Crippen molar-refractivity contribution in [3.8, 4) is 0 Å². The first-order valence-electron chi connectivity index (χ1n) is 11.0. The third-order valence-corrected chi connectivity index (χ3v) is 8.07. The topological polar surface area (TPSA) is 135 Å². The fourth-order valence-electron chi connectivity index (χ4n) is 4.05. The Kier molecular flexibility index (Phi) is 6.50. The largest absolute Gasteiger partial charge is 0.360 e. The quantitative estimate of drug-likeness (QED) is 0.600. The van der Waals surface area contributed by atoms with Crippen molar-refractivity contribution in [1.29, 1.82) is 0 Å². The molecule has 1 saturated carbocycles. The number of carbonyl (C=O) groups excluding carboxylic acids is 1. The van der Waals surface area contributed by atoms with E-state index in [0.717, 1.165) is 18.6 Å². The van der Waals surface area contributed by atoms with Gasteiger partial charge < -0.3 is 20.5 Å². The molecule has 0 spiro atoms. The Hall–Kier alpha value is -2.50. The summed E-state index contributed by atoms with van der Waals surface area (Å²) in [5.41, 5.74) is 5.84. The molecule has 4 rings (SSSR count). The molecule has 0 radical (unpaired) electrons. The highest BCUT2D eigenvalue weighted by atomic mass is 32.2. The van der Waals surface area contributed by atoms with Crippen LogP contribution in [0.2, 0.25) is 0 Å². The number of sulfonamides is 1. The van der Waals surface area contributed by atoms with Crippen LogP contribution in [0.25, 0.3) is 0 Å². The summed E-state index contributed by atoms with van der Waals surface area (Å²) in [6, 6.07) is 4.58. The molecular weight excluding hydrogens is 432 g/mol. The van der Waals surface area contributed by atoms with E-state index in [9.17, 15) is 13.2 Å². The lowest BCUT2D eigenvalue weighted by Gasteiger charge is -2.36. The molecular formula is C21H30N6O4S. The van der Waals surface area contributed by atoms with Crippen LogP contribution in [-0.2, 0) is 10.0 Å². The Bertz CT molecular complexity index is 1050. The van der Waals surface area contributed by atoms with Gasteiger partial charge in [-0.15, -0.1) is 0 Å². The molecule has 0 unspecified atom stereocenters. The predicted molar refractivity (Wildman–Crippen MR) is 119 cm³/mol. The standard InChI is InChI=1S/C21H30N6O4S/c1-14-11-16(24-21(28)18-12-19(31-25-18)15-3-4-15)7-9-27(14)32(29,30)17-5-6-20(23-13-17)26(2)10-8-22/h5-6,12-16H,3-4,7-11,22H2,1-2H3,(H,24,28)/t14-,16-/m1/s1. The predicted octanol–water partition coefficient (Wildman–Crippen LogP) is 1.31. The molecule has 174 valence electrons. The van der Waals surface area contributed by atoms with Crippen LogP contribution in [0.1, 0.15) is 54.8 Å². The second-order valence-electron chi connectivity index (χ2n) is 8.61. The molecule has 2 fully saturated rings. The van der Waals surface area contributed by atoms with E-state index in [1.165, 1.54) is 10.5 Å². The second kappa shape index (κ2) is 9.16. The van der Waals surface area contributed by atoms with E-state index in [1.54, 1.807) is 18.2 Å². The minimum Gasteiger partial charge on any atom is -0.360 e. The van der Waals surface area contributed by atoms with Crippen LogP contribution in [0.3, 0.4) is 0 Å². The summed E-state index contributed by atoms with van der Waals surface area (Å²) in [7, 11) is -1.82. The number of piperidine rings is 1. The van der Waals surface area contributed by atoms with Crippen LogP contribution in [0, 0.1) is 0 Å². The highest BCUT2D eigenvalue weighted by molar-refractivity contribution is 7.89. The number of hydrogen-bond donors (Lipinski definition) is 2. The number of nitrogens with two attached hydrogens (primary N) is 1. The average molecular weight is 463 g/mol. The first-order chi connectivity index (χ1) is 15.3. The van der Waals surface area contributed by atoms with Gasteiger partial charge in [-0.3, -0.25) is 4.79 Å². The Morgan fingerprint density at radius 1 is 1.34 bits per heavy atom. The monoisotopic (exact) mass is 462 g/mol. The molecule has 2 atom stereocenters. The summed E-state index contributed by atoms with van der Waals surface area (Å²) in [4.78, 5) is 18.8. The number of amides is 1. The van der Waals surface area contributed by atoms with Crippen molar-refractivity contribution >= 4 is 21.7 Å². The average Bonchev–Trinajstić information content (AvgIpc) is 3.50. The maximum Gasteiger partial charge on any atom is 0.273 e. The lowest BCUT2D eigenvalue weighted by molar-refractivity contribution is 0.0905. The number of nitrogens with zero attached hydrogens (tertiary/aromatic N) is 4. The highest BCUT2D eigenvalue weighted by Crippen LogP contribution is 2.40. The molecule has 3 N–H and O–H groups in total. The van der Waals surface area contributed by atoms with E-state index in [1.807, 2.05) is 18.9 Å². The Balaban J connectivity index is 1.37. The van der Waals surface area contributed by atoms with Crippen LogP contribution in [0.5, 0.6) is 0 Å². The van der Waals surface area contributed by atoms with Gasteiger partial charge in [0, 0.05) is 56.9 Å². The van der Waals surface area contributed by atoms with Gasteiger partial charge >= 0.3 is 0 Å². The number of anilines is 1. The molecule has 10 nitrogen and oxygen atoms in total. The van der Waals surface area contributed by atoms with E-state index >= 15 is 0 Å². The van der Waals surface area contributed by atoms with Gasteiger partial charge in [-0.05, 0) is 44.7 Å². The zero-order valence-electron chi connectivity index (χ0n) is 18.4. The summed E-state index contributed by atoms with van der Waals surface area (Å²) >= 11 is 0. The van der Waals surface area contributed by atoms with Gasteiger partial charge in [0.15, 0.2) is 5.69 Å². The van der Waals surface area contributed by atoms with Crippen molar-refractivity contribution < 1.29 is 17.7 Å². The number of aromatic nitrogens is 2. The van der Waals surface area contributed by atoms with Gasteiger partial charge in [-0.1, -0.05) is 5.16 Å². The molecule has 0 bridgehead atoms. The normalized spacial score (nSPS) is 22.0. The van der Waals surface area contributed by atoms with E-state index in [0.29, 0.717) is 44.2 Å². The molecule has 1 aliphatic heterocycles. The number of likely N-dealkylation sites (N-methyl/N-ethyl adjacent to an activating group) is 1. The Labute approximate surface area is 188 Å². The molecule has 32 heavy (non-hydrogen) atoms. The van der Waals surface area contributed by atoms with E-state index < -0.39 is 10.0 Å². The fraction of sp³-hybridized carbons (Fsp3) is 0.571. The smallest absolute Gasteiger partial charge is 0.273 e. The molecule has 2 aromatic heterocycles. The van der Waals surface area contributed by atoms with Crippen molar-refractivity contribution in [3.05, 3.63) is 35.9 Å². The highest BCUT2D eigenvalue weighted by Gasteiger charge is 2.36. The first-order valence-corrected chi connectivity index (χ1v) is 12.4. The van der Waals surface area contributed by atoms with Crippen molar-refractivity contribution in [3.63, 3.8) is 0 Å². The van der Waals surface area contributed by atoms with Crippen molar-refractivity contribution in [2.45, 2.75) is 55.5 Å². The lowest BCUT2D eigenvalue weighted by atomic mass is 10.0. The molecule has 1 aliphatic carbocycles. The van der Waals surface area contributed by atoms with Gasteiger partial charge in [-0.25, -0.2) is 13.4 Å². The van der Waals surface area contributed by atoms with Crippen LogP contribution in [0.15, 0.2) is 33.8 Å². The van der Waals surface area contributed by atoms with Crippen molar-refractivity contribution in [1.82, 2.24) is 19.8 Å². The second-order valence-corrected chi connectivity index (χ2v) is 10.5. The lowest BCUT2D eigenvalue weighted by Crippen LogP contribution is -2.50. The molecule has 2 aromatic rings. The van der Waals surface area contributed by atoms with Crippen molar-refractivity contribution in [2.75, 3.05) is 31.6 Å². The van der Waals surface area contributed by atoms with E-state index in [4.69, 9.17) is 10.3 Å². The minimum absolute atomic E-state index is 0.129. The van der Waals surface area contributed by atoms with E-state index in [-0.39, 0.29) is 28.6 Å². The summed E-state index contributed by atoms with van der Waals surface area (Å²) in [5.74, 6) is 1.54. The van der Waals surface area contributed by atoms with Gasteiger partial charge in [0.2, 0.25) is 10.0 Å². The molecule has 1 saturated heterocycles. The van der Waals surface area contributed by atoms with E-state index in [2.05, 4.69) is 15.5 Å².